The van der Waals surface area contributed by atoms with Crippen LogP contribution in [0, 0.1) is 5.92 Å². The number of Topliss-reactive ketones (excluding diaryl/α,β-unsaturated/α-hetero) is 1. The number of thioether (sulfide) groups is 1. The number of hydrogen-bond acceptors (Lipinski definition) is 4. The minimum absolute atomic E-state index is 0.0420. The van der Waals surface area contributed by atoms with Crippen molar-refractivity contribution in [2.75, 3.05) is 6.61 Å². The fourth-order valence-electron chi connectivity index (χ4n) is 1.60. The highest BCUT2D eigenvalue weighted by atomic mass is 32.2. The third-order valence-electron chi connectivity index (χ3n) is 2.94. The number of hydrogen-bond donors (Lipinski definition) is 0. The molecule has 3 nitrogen and oxygen atoms in total. The van der Waals surface area contributed by atoms with Gasteiger partial charge in [-0.2, -0.15) is 13.2 Å². The van der Waals surface area contributed by atoms with Gasteiger partial charge in [0.05, 0.1) is 6.61 Å². The van der Waals surface area contributed by atoms with Crippen molar-refractivity contribution < 1.29 is 27.5 Å². The standard InChI is InChI=1S/C10H13F3O3S/c1-4-16-8(15)7-6(14)5(2)9(3,17-7)10(11,12)13/h5,7H,4H2,1-3H3. The molecule has 7 heteroatoms. The SMILES string of the molecule is CCOC(=O)C1SC(C)(C(F)(F)F)C(C)C1=O. The summed E-state index contributed by atoms with van der Waals surface area (Å²) in [7, 11) is 0. The summed E-state index contributed by atoms with van der Waals surface area (Å²) in [6.07, 6.45) is -4.53. The highest BCUT2D eigenvalue weighted by Crippen LogP contribution is 2.54. The summed E-state index contributed by atoms with van der Waals surface area (Å²) in [5.74, 6) is -2.85. The molecule has 0 aromatic rings. The molecule has 0 aromatic carbocycles. The molecule has 0 aliphatic carbocycles. The van der Waals surface area contributed by atoms with Gasteiger partial charge in [0.25, 0.3) is 0 Å². The van der Waals surface area contributed by atoms with Gasteiger partial charge in [0.2, 0.25) is 0 Å². The Morgan fingerprint density at radius 2 is 2.06 bits per heavy atom. The van der Waals surface area contributed by atoms with Gasteiger partial charge in [0, 0.05) is 5.92 Å². The molecule has 1 aliphatic heterocycles. The lowest BCUT2D eigenvalue weighted by molar-refractivity contribution is -0.168. The summed E-state index contributed by atoms with van der Waals surface area (Å²) in [6.45, 7) is 3.72. The van der Waals surface area contributed by atoms with E-state index in [1.54, 1.807) is 0 Å². The molecule has 0 spiro atoms. The zero-order valence-corrected chi connectivity index (χ0v) is 10.4. The number of ketones is 1. The van der Waals surface area contributed by atoms with Crippen LogP contribution in [-0.4, -0.2) is 34.5 Å². The predicted octanol–water partition coefficient (Wildman–Crippen LogP) is 2.19. The van der Waals surface area contributed by atoms with Gasteiger partial charge >= 0.3 is 12.1 Å². The van der Waals surface area contributed by atoms with Crippen molar-refractivity contribution in [3.05, 3.63) is 0 Å². The molecule has 1 rings (SSSR count). The van der Waals surface area contributed by atoms with Crippen molar-refractivity contribution in [2.24, 2.45) is 5.92 Å². The van der Waals surface area contributed by atoms with Crippen LogP contribution in [0.2, 0.25) is 0 Å². The topological polar surface area (TPSA) is 43.4 Å². The van der Waals surface area contributed by atoms with Crippen molar-refractivity contribution in [2.45, 2.75) is 36.9 Å². The Morgan fingerprint density at radius 1 is 1.53 bits per heavy atom. The van der Waals surface area contributed by atoms with E-state index in [-0.39, 0.29) is 6.61 Å². The molecule has 1 saturated heterocycles. The Kier molecular flexibility index (Phi) is 3.81. The van der Waals surface area contributed by atoms with E-state index in [9.17, 15) is 22.8 Å². The van der Waals surface area contributed by atoms with Gasteiger partial charge in [-0.1, -0.05) is 6.92 Å². The average molecular weight is 270 g/mol. The largest absolute Gasteiger partial charge is 0.465 e. The first-order valence-corrected chi connectivity index (χ1v) is 5.98. The Bertz CT molecular complexity index is 342. The highest BCUT2D eigenvalue weighted by molar-refractivity contribution is 8.03. The third-order valence-corrected chi connectivity index (χ3v) is 4.67. The molecule has 3 atom stereocenters. The Hall–Kier alpha value is -0.720. The maximum Gasteiger partial charge on any atom is 0.403 e. The second-order valence-electron chi connectivity index (χ2n) is 3.98. The summed E-state index contributed by atoms with van der Waals surface area (Å²) >= 11 is 0.335. The van der Waals surface area contributed by atoms with Crippen molar-refractivity contribution in [1.29, 1.82) is 0 Å². The highest BCUT2D eigenvalue weighted by Gasteiger charge is 2.64. The molecule has 1 aliphatic rings. The molecule has 0 saturated carbocycles. The van der Waals surface area contributed by atoms with E-state index in [1.165, 1.54) is 13.8 Å². The Morgan fingerprint density at radius 3 is 2.41 bits per heavy atom. The zero-order valence-electron chi connectivity index (χ0n) is 9.63. The van der Waals surface area contributed by atoms with Crippen LogP contribution in [0.3, 0.4) is 0 Å². The fourth-order valence-corrected chi connectivity index (χ4v) is 3.03. The van der Waals surface area contributed by atoms with E-state index in [0.717, 1.165) is 6.92 Å². The maximum absolute atomic E-state index is 12.9. The third kappa shape index (κ3) is 2.29. The average Bonchev–Trinajstić information content (AvgIpc) is 2.43. The van der Waals surface area contributed by atoms with E-state index in [4.69, 9.17) is 0 Å². The van der Waals surface area contributed by atoms with Crippen molar-refractivity contribution in [1.82, 2.24) is 0 Å². The molecule has 3 unspecified atom stereocenters. The van der Waals surface area contributed by atoms with E-state index in [2.05, 4.69) is 4.74 Å². The molecule has 1 heterocycles. The summed E-state index contributed by atoms with van der Waals surface area (Å²) in [4.78, 5) is 23.0. The van der Waals surface area contributed by atoms with Crippen LogP contribution < -0.4 is 0 Å². The van der Waals surface area contributed by atoms with Crippen LogP contribution in [0.4, 0.5) is 13.2 Å². The molecule has 0 radical (unpaired) electrons. The minimum atomic E-state index is -4.53. The number of esters is 1. The first-order chi connectivity index (χ1) is 7.65. The van der Waals surface area contributed by atoms with E-state index in [1.807, 2.05) is 0 Å². The van der Waals surface area contributed by atoms with Crippen LogP contribution in [0.5, 0.6) is 0 Å². The molecule has 98 valence electrons. The number of ether oxygens (including phenoxy) is 1. The molecular weight excluding hydrogens is 257 g/mol. The molecule has 1 fully saturated rings. The Balaban J connectivity index is 2.98. The van der Waals surface area contributed by atoms with Crippen LogP contribution in [0.1, 0.15) is 20.8 Å². The van der Waals surface area contributed by atoms with Gasteiger partial charge in [-0.25, -0.2) is 0 Å². The predicted molar refractivity (Wildman–Crippen MR) is 56.6 cm³/mol. The fraction of sp³-hybridized carbons (Fsp3) is 0.800. The van der Waals surface area contributed by atoms with Gasteiger partial charge in [-0.05, 0) is 13.8 Å². The first-order valence-electron chi connectivity index (χ1n) is 5.10. The van der Waals surface area contributed by atoms with Crippen molar-refractivity contribution in [3.8, 4) is 0 Å². The van der Waals surface area contributed by atoms with Crippen molar-refractivity contribution in [3.63, 3.8) is 0 Å². The number of rotatable bonds is 2. The Labute approximate surface area is 101 Å². The second kappa shape index (κ2) is 4.51. The summed E-state index contributed by atoms with van der Waals surface area (Å²) in [6, 6.07) is 0. The number of carbonyl (C=O) groups excluding carboxylic acids is 2. The van der Waals surface area contributed by atoms with Crippen LogP contribution in [-0.2, 0) is 14.3 Å². The molecule has 0 amide bonds. The lowest BCUT2D eigenvalue weighted by Crippen LogP contribution is -2.43. The van der Waals surface area contributed by atoms with Gasteiger partial charge in [-0.3, -0.25) is 9.59 Å². The van der Waals surface area contributed by atoms with Crippen molar-refractivity contribution >= 4 is 23.5 Å². The van der Waals surface area contributed by atoms with E-state index < -0.39 is 33.8 Å². The van der Waals surface area contributed by atoms with E-state index in [0.29, 0.717) is 11.8 Å². The van der Waals surface area contributed by atoms with E-state index >= 15 is 0 Å². The lowest BCUT2D eigenvalue weighted by atomic mass is 9.89. The van der Waals surface area contributed by atoms with Crippen LogP contribution >= 0.6 is 11.8 Å². The summed E-state index contributed by atoms with van der Waals surface area (Å²) < 4.78 is 41.0. The smallest absolute Gasteiger partial charge is 0.403 e. The molecule has 17 heavy (non-hydrogen) atoms. The van der Waals surface area contributed by atoms with Gasteiger partial charge < -0.3 is 4.74 Å². The van der Waals surface area contributed by atoms with Gasteiger partial charge in [0.1, 0.15) is 4.75 Å². The van der Waals surface area contributed by atoms with Crippen LogP contribution in [0.15, 0.2) is 0 Å². The van der Waals surface area contributed by atoms with Gasteiger partial charge in [0.15, 0.2) is 11.0 Å². The number of alkyl halides is 3. The quantitative estimate of drug-likeness (QED) is 0.570. The summed E-state index contributed by atoms with van der Waals surface area (Å²) in [5, 5.41) is -1.36. The van der Waals surface area contributed by atoms with Crippen LogP contribution in [0.25, 0.3) is 0 Å². The zero-order chi connectivity index (χ0) is 13.4. The monoisotopic (exact) mass is 270 g/mol. The maximum atomic E-state index is 12.9. The lowest BCUT2D eigenvalue weighted by Gasteiger charge is -2.29. The molecule has 0 bridgehead atoms. The molecule has 0 N–H and O–H groups in total. The molecular formula is C10H13F3O3S. The number of halogens is 3. The minimum Gasteiger partial charge on any atom is -0.465 e. The first kappa shape index (κ1) is 14.3. The molecule has 0 aromatic heterocycles. The summed E-state index contributed by atoms with van der Waals surface area (Å²) in [5.41, 5.74) is 0. The number of carbonyl (C=O) groups is 2. The second-order valence-corrected chi connectivity index (χ2v) is 5.53. The van der Waals surface area contributed by atoms with Gasteiger partial charge in [-0.15, -0.1) is 11.8 Å². The normalized spacial score (nSPS) is 33.9.